The molecule has 6 nitrogen and oxygen atoms in total. The minimum absolute atomic E-state index is 0.0571. The number of aliphatic hydroxyl groups excluding tert-OH is 2. The van der Waals surface area contributed by atoms with Gasteiger partial charge in [-0.25, -0.2) is 0 Å². The van der Waals surface area contributed by atoms with Crippen molar-refractivity contribution in [2.24, 2.45) is 0 Å². The van der Waals surface area contributed by atoms with Crippen LogP contribution in [-0.4, -0.2) is 46.9 Å². The molecule has 0 aromatic rings. The third-order valence-corrected chi connectivity index (χ3v) is 12.0. The van der Waals surface area contributed by atoms with E-state index in [2.05, 4.69) is 99.0 Å². The zero-order chi connectivity index (χ0) is 46.7. The Morgan fingerprint density at radius 2 is 0.844 bits per heavy atom. The fourth-order valence-corrected chi connectivity index (χ4v) is 7.92. The van der Waals surface area contributed by atoms with Gasteiger partial charge in [-0.1, -0.05) is 222 Å². The van der Waals surface area contributed by atoms with Crippen LogP contribution in [0.1, 0.15) is 258 Å². The monoisotopic (exact) mass is 894 g/mol. The molecule has 0 saturated heterocycles. The van der Waals surface area contributed by atoms with Gasteiger partial charge in [0.15, 0.2) is 0 Å². The van der Waals surface area contributed by atoms with Gasteiger partial charge in [0.05, 0.1) is 25.2 Å². The molecule has 0 heterocycles. The van der Waals surface area contributed by atoms with Crippen molar-refractivity contribution in [3.8, 4) is 0 Å². The second-order valence-corrected chi connectivity index (χ2v) is 18.2. The van der Waals surface area contributed by atoms with Crippen LogP contribution in [0.15, 0.2) is 72.9 Å². The summed E-state index contributed by atoms with van der Waals surface area (Å²) < 4.78 is 5.93. The number of hydrogen-bond donors (Lipinski definition) is 3. The maximum atomic E-state index is 13.2. The van der Waals surface area contributed by atoms with Crippen molar-refractivity contribution in [3.05, 3.63) is 72.9 Å². The highest BCUT2D eigenvalue weighted by Gasteiger charge is 2.24. The molecule has 3 atom stereocenters. The SMILES string of the molecule is CC/C=C/C/C=C/C/C=C/C/C=C/CCCCCC(=O)OC(CCCCCCCCC/C=C\C/C=C\CCCCC)CC(=O)NC(CO)C(O)CCCCCCCCCCCCCC. The summed E-state index contributed by atoms with van der Waals surface area (Å²) in [6, 6.07) is -0.714. The van der Waals surface area contributed by atoms with Gasteiger partial charge >= 0.3 is 5.97 Å². The molecule has 0 aliphatic rings. The number of rotatable bonds is 48. The minimum Gasteiger partial charge on any atom is -0.462 e. The van der Waals surface area contributed by atoms with Crippen molar-refractivity contribution >= 4 is 11.9 Å². The third-order valence-electron chi connectivity index (χ3n) is 12.0. The van der Waals surface area contributed by atoms with Gasteiger partial charge in [0, 0.05) is 6.42 Å². The highest BCUT2D eigenvalue weighted by atomic mass is 16.5. The first-order valence-corrected chi connectivity index (χ1v) is 27.2. The number of carbonyl (C=O) groups is 2. The van der Waals surface area contributed by atoms with Gasteiger partial charge in [-0.2, -0.15) is 0 Å². The first-order valence-electron chi connectivity index (χ1n) is 27.2. The Morgan fingerprint density at radius 3 is 1.31 bits per heavy atom. The standard InChI is InChI=1S/C58H103NO5/c1-4-7-10-13-16-19-22-25-27-29-30-32-34-37-40-43-46-49-54(64-58(63)51-48-45-42-39-36-33-31-28-26-23-20-17-14-11-8-5-2)52-57(62)59-55(53-60)56(61)50-47-44-41-38-35-24-21-18-15-12-9-6-3/h8,11,16-17,19-20,25-28,33,36,54-56,60-61H,4-7,9-10,12-15,18,21-24,29-32,34-35,37-53H2,1-3H3,(H,59,62)/b11-8+,19-16-,20-17+,27-25-,28-26+,36-33+. The summed E-state index contributed by atoms with van der Waals surface area (Å²) in [5, 5.41) is 23.8. The Balaban J connectivity index is 4.66. The molecule has 0 aliphatic carbocycles. The summed E-state index contributed by atoms with van der Waals surface area (Å²) in [5.41, 5.74) is 0. The smallest absolute Gasteiger partial charge is 0.306 e. The molecule has 1 amide bonds. The topological polar surface area (TPSA) is 95.9 Å². The van der Waals surface area contributed by atoms with Gasteiger partial charge in [-0.15, -0.1) is 0 Å². The average molecular weight is 894 g/mol. The van der Waals surface area contributed by atoms with E-state index in [4.69, 9.17) is 4.74 Å². The molecular formula is C58H103NO5. The summed E-state index contributed by atoms with van der Waals surface area (Å²) in [6.45, 7) is 6.34. The van der Waals surface area contributed by atoms with Crippen LogP contribution in [0.4, 0.5) is 0 Å². The number of carbonyl (C=O) groups excluding carboxylic acids is 2. The predicted octanol–water partition coefficient (Wildman–Crippen LogP) is 16.6. The van der Waals surface area contributed by atoms with E-state index in [9.17, 15) is 19.8 Å². The lowest BCUT2D eigenvalue weighted by molar-refractivity contribution is -0.151. The van der Waals surface area contributed by atoms with Gasteiger partial charge < -0.3 is 20.3 Å². The summed E-state index contributed by atoms with van der Waals surface area (Å²) >= 11 is 0. The fourth-order valence-electron chi connectivity index (χ4n) is 7.92. The van der Waals surface area contributed by atoms with Gasteiger partial charge in [0.1, 0.15) is 6.10 Å². The van der Waals surface area contributed by atoms with Crippen LogP contribution in [0.3, 0.4) is 0 Å². The van der Waals surface area contributed by atoms with Crippen LogP contribution >= 0.6 is 0 Å². The van der Waals surface area contributed by atoms with Crippen LogP contribution in [0.5, 0.6) is 0 Å². The van der Waals surface area contributed by atoms with E-state index in [1.165, 1.54) is 109 Å². The van der Waals surface area contributed by atoms with E-state index in [0.29, 0.717) is 19.3 Å². The molecule has 0 spiro atoms. The molecule has 0 aliphatic heterocycles. The van der Waals surface area contributed by atoms with Gasteiger partial charge in [-0.05, 0) is 96.3 Å². The third kappa shape index (κ3) is 45.9. The summed E-state index contributed by atoms with van der Waals surface area (Å²) in [7, 11) is 0. The maximum absolute atomic E-state index is 13.2. The largest absolute Gasteiger partial charge is 0.462 e. The molecule has 0 saturated carbocycles. The summed E-state index contributed by atoms with van der Waals surface area (Å²) in [5.74, 6) is -0.516. The van der Waals surface area contributed by atoms with Crippen molar-refractivity contribution in [1.82, 2.24) is 5.32 Å². The molecule has 0 radical (unpaired) electrons. The van der Waals surface area contributed by atoms with E-state index >= 15 is 0 Å². The number of hydrogen-bond acceptors (Lipinski definition) is 5. The first kappa shape index (κ1) is 61.3. The zero-order valence-corrected chi connectivity index (χ0v) is 42.1. The van der Waals surface area contributed by atoms with Crippen LogP contribution in [0.25, 0.3) is 0 Å². The van der Waals surface area contributed by atoms with Crippen LogP contribution < -0.4 is 5.32 Å². The van der Waals surface area contributed by atoms with E-state index in [1.54, 1.807) is 0 Å². The lowest BCUT2D eigenvalue weighted by atomic mass is 10.0. The maximum Gasteiger partial charge on any atom is 0.306 e. The van der Waals surface area contributed by atoms with Crippen molar-refractivity contribution in [2.45, 2.75) is 277 Å². The van der Waals surface area contributed by atoms with Crippen molar-refractivity contribution < 1.29 is 24.5 Å². The van der Waals surface area contributed by atoms with Crippen molar-refractivity contribution in [2.75, 3.05) is 6.61 Å². The number of allylic oxidation sites excluding steroid dienone is 12. The van der Waals surface area contributed by atoms with Gasteiger partial charge in [0.25, 0.3) is 0 Å². The normalized spacial score (nSPS) is 13.8. The van der Waals surface area contributed by atoms with Crippen LogP contribution in [0.2, 0.25) is 0 Å². The first-order chi connectivity index (χ1) is 31.5. The molecule has 0 rings (SSSR count). The molecule has 0 aromatic carbocycles. The molecule has 6 heteroatoms. The van der Waals surface area contributed by atoms with Crippen LogP contribution in [-0.2, 0) is 14.3 Å². The highest BCUT2D eigenvalue weighted by Crippen LogP contribution is 2.18. The quantitative estimate of drug-likeness (QED) is 0.0321. The van der Waals surface area contributed by atoms with Gasteiger partial charge in [-0.3, -0.25) is 9.59 Å². The zero-order valence-electron chi connectivity index (χ0n) is 42.1. The number of nitrogens with one attached hydrogen (secondary N) is 1. The van der Waals surface area contributed by atoms with E-state index in [0.717, 1.165) is 103 Å². The molecule has 3 N–H and O–H groups in total. The second-order valence-electron chi connectivity index (χ2n) is 18.2. The minimum atomic E-state index is -0.798. The molecule has 0 fully saturated rings. The highest BCUT2D eigenvalue weighted by molar-refractivity contribution is 5.77. The van der Waals surface area contributed by atoms with E-state index < -0.39 is 18.2 Å². The van der Waals surface area contributed by atoms with Crippen molar-refractivity contribution in [1.29, 1.82) is 0 Å². The molecule has 3 unspecified atom stereocenters. The average Bonchev–Trinajstić information content (AvgIpc) is 3.29. The number of unbranched alkanes of at least 4 members (excludes halogenated alkanes) is 24. The Bertz CT molecular complexity index is 1190. The Kier molecular flexibility index (Phi) is 49.1. The van der Waals surface area contributed by atoms with Gasteiger partial charge in [0.2, 0.25) is 5.91 Å². The Hall–Kier alpha value is -2.70. The lowest BCUT2D eigenvalue weighted by Crippen LogP contribution is -2.46. The van der Waals surface area contributed by atoms with Crippen LogP contribution in [0, 0.1) is 0 Å². The molecule has 0 bridgehead atoms. The molecule has 0 aromatic heterocycles. The molecule has 370 valence electrons. The number of aliphatic hydroxyl groups is 2. The van der Waals surface area contributed by atoms with E-state index in [-0.39, 0.29) is 24.9 Å². The lowest BCUT2D eigenvalue weighted by Gasteiger charge is -2.24. The number of amides is 1. The Morgan fingerprint density at radius 1 is 0.469 bits per heavy atom. The summed E-state index contributed by atoms with van der Waals surface area (Å²) in [6.07, 6.45) is 65.3. The Labute approximate surface area is 396 Å². The van der Waals surface area contributed by atoms with Crippen molar-refractivity contribution in [3.63, 3.8) is 0 Å². The molecular weight excluding hydrogens is 791 g/mol. The fraction of sp³-hybridized carbons (Fsp3) is 0.759. The second kappa shape index (κ2) is 51.3. The number of ether oxygens (including phenoxy) is 1. The molecule has 64 heavy (non-hydrogen) atoms. The number of esters is 1. The van der Waals surface area contributed by atoms with E-state index in [1.807, 2.05) is 0 Å². The summed E-state index contributed by atoms with van der Waals surface area (Å²) in [4.78, 5) is 26.2. The predicted molar refractivity (Wildman–Crippen MR) is 278 cm³/mol.